The molecule has 0 aliphatic rings. The van der Waals surface area contributed by atoms with E-state index in [9.17, 15) is 19.8 Å². The van der Waals surface area contributed by atoms with Crippen molar-refractivity contribution in [1.82, 2.24) is 0 Å². The molecular formula is C38H38O8. The molecule has 0 radical (unpaired) electrons. The van der Waals surface area contributed by atoms with E-state index in [1.807, 2.05) is 60.7 Å². The standard InChI is InChI=1S/C38H38O8/c1-3-43-35(37(39)40)27-31-17-21-33(22-18-31)45-25-9-5-7-11-29-13-15-30(16-14-29)12-8-6-10-26-46-34-23-19-32(20-24-34)28-36(38(41)42)44-4-2/h5-6,9-10,13-24,35-36H,3-4,25-28H2,1-2H3,(H,39,40)(H,41,42)/b9-5+,10-6+/t35-,36-/m1/s1. The summed E-state index contributed by atoms with van der Waals surface area (Å²) in [6, 6.07) is 22.2. The highest BCUT2D eigenvalue weighted by Gasteiger charge is 2.18. The lowest BCUT2D eigenvalue weighted by Crippen LogP contribution is -2.26. The van der Waals surface area contributed by atoms with E-state index in [1.165, 1.54) is 0 Å². The summed E-state index contributed by atoms with van der Waals surface area (Å²) in [7, 11) is 0. The molecule has 0 bridgehead atoms. The van der Waals surface area contributed by atoms with Crippen molar-refractivity contribution >= 4 is 11.9 Å². The van der Waals surface area contributed by atoms with Gasteiger partial charge in [-0.3, -0.25) is 0 Å². The third-order valence-electron chi connectivity index (χ3n) is 6.39. The number of carboxylic acid groups (broad SMARTS) is 2. The zero-order chi connectivity index (χ0) is 33.0. The highest BCUT2D eigenvalue weighted by atomic mass is 16.5. The van der Waals surface area contributed by atoms with Gasteiger partial charge in [-0.25, -0.2) is 9.59 Å². The van der Waals surface area contributed by atoms with Crippen molar-refractivity contribution in [3.05, 3.63) is 119 Å². The molecule has 46 heavy (non-hydrogen) atoms. The van der Waals surface area contributed by atoms with Crippen LogP contribution in [0, 0.1) is 23.7 Å². The van der Waals surface area contributed by atoms with Gasteiger partial charge < -0.3 is 29.2 Å². The van der Waals surface area contributed by atoms with Crippen LogP contribution in [0.15, 0.2) is 97.1 Å². The fourth-order valence-corrected chi connectivity index (χ4v) is 4.10. The number of hydrogen-bond acceptors (Lipinski definition) is 6. The van der Waals surface area contributed by atoms with Gasteiger partial charge in [-0.05, 0) is 97.8 Å². The molecule has 0 unspecified atom stereocenters. The second kappa shape index (κ2) is 19.9. The number of allylic oxidation sites excluding steroid dienone is 2. The van der Waals surface area contributed by atoms with Gasteiger partial charge in [0.1, 0.15) is 24.7 Å². The molecule has 0 aliphatic carbocycles. The Morgan fingerprint density at radius 3 is 1.33 bits per heavy atom. The normalized spacial score (nSPS) is 12.0. The molecule has 0 aliphatic heterocycles. The van der Waals surface area contributed by atoms with E-state index in [4.69, 9.17) is 18.9 Å². The zero-order valence-corrected chi connectivity index (χ0v) is 26.0. The van der Waals surface area contributed by atoms with Gasteiger partial charge >= 0.3 is 11.9 Å². The number of ether oxygens (including phenoxy) is 4. The van der Waals surface area contributed by atoms with Crippen LogP contribution in [0.25, 0.3) is 0 Å². The van der Waals surface area contributed by atoms with Crippen molar-refractivity contribution in [3.8, 4) is 35.2 Å². The molecule has 0 amide bonds. The SMILES string of the molecule is CCO[C@H](Cc1ccc(OC/C=C/C#Cc2ccc(C#C/C=C/COc3ccc(C[C@@H](OCC)C(=O)O)cc3)cc2)cc1)C(=O)O. The summed E-state index contributed by atoms with van der Waals surface area (Å²) in [5, 5.41) is 18.4. The van der Waals surface area contributed by atoms with E-state index in [2.05, 4.69) is 23.7 Å². The Bertz CT molecular complexity index is 1440. The Kier molecular flexibility index (Phi) is 15.2. The van der Waals surface area contributed by atoms with Crippen LogP contribution in [0.3, 0.4) is 0 Å². The van der Waals surface area contributed by atoms with Gasteiger partial charge in [0.25, 0.3) is 0 Å². The Morgan fingerprint density at radius 2 is 1.00 bits per heavy atom. The first-order valence-corrected chi connectivity index (χ1v) is 14.9. The number of benzene rings is 3. The molecule has 3 rings (SSSR count). The lowest BCUT2D eigenvalue weighted by atomic mass is 10.1. The number of carboxylic acids is 2. The average Bonchev–Trinajstić information content (AvgIpc) is 3.05. The van der Waals surface area contributed by atoms with Crippen LogP contribution in [0.1, 0.15) is 36.1 Å². The number of aliphatic carboxylic acids is 2. The highest BCUT2D eigenvalue weighted by molar-refractivity contribution is 5.73. The predicted molar refractivity (Wildman–Crippen MR) is 176 cm³/mol. The summed E-state index contributed by atoms with van der Waals surface area (Å²) >= 11 is 0. The number of rotatable bonds is 16. The van der Waals surface area contributed by atoms with Crippen LogP contribution in [0.5, 0.6) is 11.5 Å². The minimum Gasteiger partial charge on any atom is -0.490 e. The molecule has 3 aromatic rings. The van der Waals surface area contributed by atoms with Crippen molar-refractivity contribution in [2.75, 3.05) is 26.4 Å². The summed E-state index contributed by atoms with van der Waals surface area (Å²) in [6.07, 6.45) is 6.00. The molecule has 8 nitrogen and oxygen atoms in total. The molecule has 238 valence electrons. The summed E-state index contributed by atoms with van der Waals surface area (Å²) in [6.45, 7) is 4.95. The monoisotopic (exact) mass is 622 g/mol. The summed E-state index contributed by atoms with van der Waals surface area (Å²) < 4.78 is 21.9. The molecule has 0 aromatic heterocycles. The lowest BCUT2D eigenvalue weighted by molar-refractivity contribution is -0.150. The van der Waals surface area contributed by atoms with Crippen LogP contribution in [0.4, 0.5) is 0 Å². The maximum absolute atomic E-state index is 11.3. The van der Waals surface area contributed by atoms with Crippen LogP contribution in [-0.2, 0) is 31.9 Å². The number of hydrogen-bond donors (Lipinski definition) is 2. The molecular weight excluding hydrogens is 584 g/mol. The minimum absolute atomic E-state index is 0.299. The number of carbonyl (C=O) groups is 2. The molecule has 2 atom stereocenters. The van der Waals surface area contributed by atoms with Crippen LogP contribution < -0.4 is 9.47 Å². The van der Waals surface area contributed by atoms with Crippen molar-refractivity contribution in [1.29, 1.82) is 0 Å². The molecule has 0 heterocycles. The smallest absolute Gasteiger partial charge is 0.333 e. The van der Waals surface area contributed by atoms with Crippen molar-refractivity contribution in [2.45, 2.75) is 38.9 Å². The molecule has 0 saturated heterocycles. The maximum Gasteiger partial charge on any atom is 0.333 e. The topological polar surface area (TPSA) is 112 Å². The molecule has 2 N–H and O–H groups in total. The lowest BCUT2D eigenvalue weighted by Gasteiger charge is -2.12. The fraction of sp³-hybridized carbons (Fsp3) is 0.263. The zero-order valence-electron chi connectivity index (χ0n) is 26.0. The third kappa shape index (κ3) is 13.2. The Balaban J connectivity index is 1.36. The first-order valence-electron chi connectivity index (χ1n) is 14.9. The van der Waals surface area contributed by atoms with E-state index >= 15 is 0 Å². The maximum atomic E-state index is 11.3. The van der Waals surface area contributed by atoms with E-state index in [1.54, 1.807) is 50.3 Å². The Labute approximate surface area is 270 Å². The highest BCUT2D eigenvalue weighted by Crippen LogP contribution is 2.16. The first kappa shape index (κ1) is 35.2. The van der Waals surface area contributed by atoms with E-state index in [0.29, 0.717) is 50.8 Å². The predicted octanol–water partition coefficient (Wildman–Crippen LogP) is 5.72. The van der Waals surface area contributed by atoms with Gasteiger partial charge in [-0.2, -0.15) is 0 Å². The summed E-state index contributed by atoms with van der Waals surface area (Å²) in [5.74, 6) is 11.6. The van der Waals surface area contributed by atoms with Crippen LogP contribution in [-0.4, -0.2) is 60.8 Å². The second-order valence-electron chi connectivity index (χ2n) is 9.80. The molecule has 0 saturated carbocycles. The minimum atomic E-state index is -0.972. The van der Waals surface area contributed by atoms with Gasteiger partial charge in [0.15, 0.2) is 12.2 Å². The molecule has 3 aromatic carbocycles. The van der Waals surface area contributed by atoms with Crippen LogP contribution >= 0.6 is 0 Å². The largest absolute Gasteiger partial charge is 0.490 e. The molecule has 0 spiro atoms. The van der Waals surface area contributed by atoms with Crippen molar-refractivity contribution < 1.29 is 38.7 Å². The second-order valence-corrected chi connectivity index (χ2v) is 9.80. The first-order chi connectivity index (χ1) is 22.4. The van der Waals surface area contributed by atoms with E-state index in [-0.39, 0.29) is 0 Å². The van der Waals surface area contributed by atoms with E-state index in [0.717, 1.165) is 22.3 Å². The quantitative estimate of drug-likeness (QED) is 0.195. The van der Waals surface area contributed by atoms with Gasteiger partial charge in [0, 0.05) is 37.2 Å². The van der Waals surface area contributed by atoms with Crippen molar-refractivity contribution in [2.24, 2.45) is 0 Å². The van der Waals surface area contributed by atoms with Gasteiger partial charge in [0.2, 0.25) is 0 Å². The Morgan fingerprint density at radius 1 is 0.630 bits per heavy atom. The average molecular weight is 623 g/mol. The molecule has 0 fully saturated rings. The van der Waals surface area contributed by atoms with Crippen LogP contribution in [0.2, 0.25) is 0 Å². The van der Waals surface area contributed by atoms with Crippen molar-refractivity contribution in [3.63, 3.8) is 0 Å². The van der Waals surface area contributed by atoms with Gasteiger partial charge in [-0.15, -0.1) is 0 Å². The Hall–Kier alpha value is -5.28. The van der Waals surface area contributed by atoms with Gasteiger partial charge in [0.05, 0.1) is 0 Å². The third-order valence-corrected chi connectivity index (χ3v) is 6.39. The van der Waals surface area contributed by atoms with Gasteiger partial charge in [-0.1, -0.05) is 47.9 Å². The fourth-order valence-electron chi connectivity index (χ4n) is 4.10. The summed E-state index contributed by atoms with van der Waals surface area (Å²) in [4.78, 5) is 22.5. The van der Waals surface area contributed by atoms with E-state index < -0.39 is 24.1 Å². The summed E-state index contributed by atoms with van der Waals surface area (Å²) in [5.41, 5.74) is 3.46. The molecule has 8 heteroatoms.